The van der Waals surface area contributed by atoms with Crippen molar-refractivity contribution in [1.82, 2.24) is 15.5 Å². The number of nitrogens with one attached hydrogen (secondary N) is 2. The van der Waals surface area contributed by atoms with E-state index in [1.807, 2.05) is 40.7 Å². The van der Waals surface area contributed by atoms with E-state index in [9.17, 15) is 9.90 Å². The monoisotopic (exact) mass is 408 g/mol. The highest BCUT2D eigenvalue weighted by Crippen LogP contribution is 2.28. The number of carbonyl (C=O) groups excluding carboxylic acids is 1. The van der Waals surface area contributed by atoms with Crippen LogP contribution < -0.4 is 10.6 Å². The molecule has 0 radical (unpaired) electrons. The predicted octanol–water partition coefficient (Wildman–Crippen LogP) is 2.75. The van der Waals surface area contributed by atoms with Gasteiger partial charge in [0.15, 0.2) is 5.96 Å². The van der Waals surface area contributed by atoms with E-state index < -0.39 is 11.2 Å². The van der Waals surface area contributed by atoms with Gasteiger partial charge < -0.3 is 29.8 Å². The molecule has 8 nitrogen and oxygen atoms in total. The summed E-state index contributed by atoms with van der Waals surface area (Å²) >= 11 is 0. The van der Waals surface area contributed by atoms with Gasteiger partial charge in [-0.05, 0) is 66.5 Å². The van der Waals surface area contributed by atoms with Gasteiger partial charge in [-0.3, -0.25) is 0 Å². The Labute approximate surface area is 173 Å². The van der Waals surface area contributed by atoms with Crippen molar-refractivity contribution in [1.29, 1.82) is 0 Å². The van der Waals surface area contributed by atoms with Crippen molar-refractivity contribution in [3.63, 3.8) is 0 Å². The number of furan rings is 1. The summed E-state index contributed by atoms with van der Waals surface area (Å²) in [7, 11) is 0. The largest absolute Gasteiger partial charge is 0.463 e. The van der Waals surface area contributed by atoms with Gasteiger partial charge in [0, 0.05) is 25.7 Å². The van der Waals surface area contributed by atoms with E-state index in [-0.39, 0.29) is 18.7 Å². The zero-order valence-corrected chi connectivity index (χ0v) is 18.5. The van der Waals surface area contributed by atoms with Gasteiger partial charge in [0.25, 0.3) is 0 Å². The normalized spacial score (nSPS) is 16.9. The van der Waals surface area contributed by atoms with Gasteiger partial charge >= 0.3 is 6.09 Å². The molecule has 1 aliphatic rings. The number of guanidine groups is 1. The Morgan fingerprint density at radius 3 is 2.52 bits per heavy atom. The molecule has 1 saturated carbocycles. The molecule has 29 heavy (non-hydrogen) atoms. The summed E-state index contributed by atoms with van der Waals surface area (Å²) in [5.41, 5.74) is -1.71. The van der Waals surface area contributed by atoms with Crippen molar-refractivity contribution < 1.29 is 19.1 Å². The van der Waals surface area contributed by atoms with Gasteiger partial charge in [-0.25, -0.2) is 9.79 Å². The van der Waals surface area contributed by atoms with E-state index in [2.05, 4.69) is 15.6 Å². The summed E-state index contributed by atoms with van der Waals surface area (Å²) in [6.45, 7) is 13.0. The van der Waals surface area contributed by atoms with E-state index in [0.717, 1.165) is 18.6 Å². The molecule has 1 aromatic heterocycles. The Bertz CT molecular complexity index is 702. The van der Waals surface area contributed by atoms with Gasteiger partial charge in [-0.15, -0.1) is 0 Å². The van der Waals surface area contributed by atoms with E-state index in [1.54, 1.807) is 17.9 Å². The molecule has 0 saturated heterocycles. The predicted molar refractivity (Wildman–Crippen MR) is 113 cm³/mol. The van der Waals surface area contributed by atoms with Crippen LogP contribution in [0.25, 0.3) is 0 Å². The zero-order valence-electron chi connectivity index (χ0n) is 18.5. The average molecular weight is 409 g/mol. The molecule has 1 aromatic rings. The number of carbonyl (C=O) groups is 1. The molecule has 3 N–H and O–H groups in total. The van der Waals surface area contributed by atoms with Crippen LogP contribution in [0.1, 0.15) is 59.0 Å². The van der Waals surface area contributed by atoms with Crippen molar-refractivity contribution in [2.75, 3.05) is 26.2 Å². The molecule has 1 aliphatic carbocycles. The molecule has 0 aliphatic heterocycles. The van der Waals surface area contributed by atoms with Crippen LogP contribution in [0, 0.1) is 6.92 Å². The lowest BCUT2D eigenvalue weighted by atomic mass is 10.0. The number of amides is 1. The third-order valence-electron chi connectivity index (χ3n) is 4.42. The fourth-order valence-corrected chi connectivity index (χ4v) is 2.80. The Morgan fingerprint density at radius 1 is 1.31 bits per heavy atom. The minimum atomic E-state index is -1.20. The first-order chi connectivity index (χ1) is 13.5. The lowest BCUT2D eigenvalue weighted by Gasteiger charge is -2.27. The molecule has 8 heteroatoms. The molecular weight excluding hydrogens is 372 g/mol. The van der Waals surface area contributed by atoms with E-state index in [0.29, 0.717) is 31.4 Å². The van der Waals surface area contributed by atoms with Crippen LogP contribution in [-0.2, 0) is 10.3 Å². The average Bonchev–Trinajstić information content (AvgIpc) is 3.34. The van der Waals surface area contributed by atoms with Gasteiger partial charge in [0.2, 0.25) is 0 Å². The van der Waals surface area contributed by atoms with Crippen LogP contribution in [0.4, 0.5) is 4.79 Å². The van der Waals surface area contributed by atoms with Gasteiger partial charge in [-0.2, -0.15) is 0 Å². The van der Waals surface area contributed by atoms with E-state index in [4.69, 9.17) is 9.15 Å². The molecule has 164 valence electrons. The Balaban J connectivity index is 1.92. The second-order valence-corrected chi connectivity index (χ2v) is 8.71. The van der Waals surface area contributed by atoms with Crippen LogP contribution in [-0.4, -0.2) is 59.9 Å². The SMILES string of the molecule is CCNC(=NCC(C)(O)c1ccc(C)o1)NCCN(C(=O)OC(C)(C)C)C1CC1. The number of hydrogen-bond donors (Lipinski definition) is 3. The number of hydrogen-bond acceptors (Lipinski definition) is 5. The van der Waals surface area contributed by atoms with Crippen molar-refractivity contribution in [2.24, 2.45) is 4.99 Å². The quantitative estimate of drug-likeness (QED) is 0.452. The third-order valence-corrected chi connectivity index (χ3v) is 4.42. The van der Waals surface area contributed by atoms with E-state index >= 15 is 0 Å². The first-order valence-corrected chi connectivity index (χ1v) is 10.3. The second-order valence-electron chi connectivity index (χ2n) is 8.71. The van der Waals surface area contributed by atoms with Crippen LogP contribution in [0.3, 0.4) is 0 Å². The smallest absolute Gasteiger partial charge is 0.410 e. The van der Waals surface area contributed by atoms with Crippen molar-refractivity contribution in [3.05, 3.63) is 23.7 Å². The highest BCUT2D eigenvalue weighted by Gasteiger charge is 2.35. The summed E-state index contributed by atoms with van der Waals surface area (Å²) in [4.78, 5) is 18.7. The van der Waals surface area contributed by atoms with Crippen LogP contribution in [0.15, 0.2) is 21.5 Å². The highest BCUT2D eigenvalue weighted by molar-refractivity contribution is 5.79. The first kappa shape index (κ1) is 23.1. The third kappa shape index (κ3) is 7.61. The van der Waals surface area contributed by atoms with Gasteiger partial charge in [0.1, 0.15) is 22.7 Å². The Hall–Kier alpha value is -2.22. The maximum atomic E-state index is 12.4. The molecule has 1 fully saturated rings. The lowest BCUT2D eigenvalue weighted by Crippen LogP contribution is -2.45. The molecular formula is C21H36N4O4. The molecule has 0 spiro atoms. The maximum absolute atomic E-state index is 12.4. The number of aliphatic imine (C=N–C) groups is 1. The Morgan fingerprint density at radius 2 is 2.00 bits per heavy atom. The number of aryl methyl sites for hydroxylation is 1. The van der Waals surface area contributed by atoms with Crippen LogP contribution in [0.2, 0.25) is 0 Å². The molecule has 1 amide bonds. The standard InChI is InChI=1S/C21H36N4O4/c1-7-22-18(24-14-21(6,27)17-11-8-15(2)28-17)23-12-13-25(16-9-10-16)19(26)29-20(3,4)5/h8,11,16,27H,7,9-10,12-14H2,1-6H3,(H2,22,23,24). The second kappa shape index (κ2) is 9.52. The van der Waals surface area contributed by atoms with Crippen molar-refractivity contribution >= 4 is 12.1 Å². The molecule has 0 aromatic carbocycles. The summed E-state index contributed by atoms with van der Waals surface area (Å²) in [6, 6.07) is 3.84. The number of rotatable bonds is 8. The van der Waals surface area contributed by atoms with Crippen molar-refractivity contribution in [2.45, 2.75) is 71.6 Å². The minimum Gasteiger partial charge on any atom is -0.463 e. The van der Waals surface area contributed by atoms with Crippen molar-refractivity contribution in [3.8, 4) is 0 Å². The summed E-state index contributed by atoms with van der Waals surface area (Å²) in [5.74, 6) is 1.81. The molecule has 0 bridgehead atoms. The Kier molecular flexibility index (Phi) is 7.57. The summed E-state index contributed by atoms with van der Waals surface area (Å²) < 4.78 is 11.1. The fraction of sp³-hybridized carbons (Fsp3) is 0.714. The van der Waals surface area contributed by atoms with Crippen LogP contribution in [0.5, 0.6) is 0 Å². The summed E-state index contributed by atoms with van der Waals surface area (Å²) in [6.07, 6.45) is 1.75. The molecule has 1 unspecified atom stereocenters. The topological polar surface area (TPSA) is 99.3 Å². The zero-order chi connectivity index (χ0) is 21.7. The van der Waals surface area contributed by atoms with E-state index in [1.165, 1.54) is 0 Å². The molecule has 2 rings (SSSR count). The summed E-state index contributed by atoms with van der Waals surface area (Å²) in [5, 5.41) is 17.1. The lowest BCUT2D eigenvalue weighted by molar-refractivity contribution is 0.0238. The maximum Gasteiger partial charge on any atom is 0.410 e. The molecule has 1 atom stereocenters. The number of aliphatic hydroxyl groups is 1. The number of nitrogens with zero attached hydrogens (tertiary/aromatic N) is 2. The molecule has 1 heterocycles. The van der Waals surface area contributed by atoms with Gasteiger partial charge in [0.05, 0.1) is 6.54 Å². The first-order valence-electron chi connectivity index (χ1n) is 10.3. The van der Waals surface area contributed by atoms with Crippen LogP contribution >= 0.6 is 0 Å². The fourth-order valence-electron chi connectivity index (χ4n) is 2.80. The number of ether oxygens (including phenoxy) is 1. The van der Waals surface area contributed by atoms with Gasteiger partial charge in [-0.1, -0.05) is 0 Å². The minimum absolute atomic E-state index is 0.147. The highest BCUT2D eigenvalue weighted by atomic mass is 16.6.